The molecule has 1 amide bonds. The summed E-state index contributed by atoms with van der Waals surface area (Å²) >= 11 is 0. The number of nitrogens with one attached hydrogen (secondary N) is 1. The van der Waals surface area contributed by atoms with Crippen molar-refractivity contribution in [2.75, 3.05) is 13.2 Å². The van der Waals surface area contributed by atoms with E-state index in [1.54, 1.807) is 0 Å². The first-order valence-electron chi connectivity index (χ1n) is 31.7. The lowest BCUT2D eigenvalue weighted by molar-refractivity contribution is -0.143. The molecule has 0 saturated carbocycles. The molecule has 418 valence electrons. The number of hydrogen-bond acceptors (Lipinski definition) is 5. The minimum atomic E-state index is -0.664. The number of esters is 1. The summed E-state index contributed by atoms with van der Waals surface area (Å²) in [6.07, 6.45) is 75.9. The lowest BCUT2D eigenvalue weighted by atomic mass is 10.0. The van der Waals surface area contributed by atoms with Gasteiger partial charge in [-0.2, -0.15) is 0 Å². The minimum Gasteiger partial charge on any atom is -0.466 e. The summed E-state index contributed by atoms with van der Waals surface area (Å²) in [4.78, 5) is 24.5. The van der Waals surface area contributed by atoms with Gasteiger partial charge in [-0.3, -0.25) is 9.59 Å². The highest BCUT2D eigenvalue weighted by Crippen LogP contribution is 2.17. The summed E-state index contributed by atoms with van der Waals surface area (Å²) < 4.78 is 5.48. The van der Waals surface area contributed by atoms with Gasteiger partial charge >= 0.3 is 5.97 Å². The van der Waals surface area contributed by atoms with Crippen LogP contribution >= 0.6 is 0 Å². The van der Waals surface area contributed by atoms with Crippen LogP contribution in [0.2, 0.25) is 0 Å². The molecule has 0 fully saturated rings. The van der Waals surface area contributed by atoms with Gasteiger partial charge in [0.25, 0.3) is 0 Å². The van der Waals surface area contributed by atoms with Gasteiger partial charge in [0, 0.05) is 12.8 Å². The van der Waals surface area contributed by atoms with E-state index >= 15 is 0 Å². The zero-order chi connectivity index (χ0) is 51.4. The van der Waals surface area contributed by atoms with E-state index in [2.05, 4.69) is 55.6 Å². The van der Waals surface area contributed by atoms with Crippen molar-refractivity contribution in [2.24, 2.45) is 0 Å². The Bertz CT molecular complexity index is 1150. The zero-order valence-electron chi connectivity index (χ0n) is 47.7. The number of hydrogen-bond donors (Lipinski definition) is 3. The van der Waals surface area contributed by atoms with Crippen molar-refractivity contribution in [1.29, 1.82) is 0 Å². The Labute approximate surface area is 443 Å². The Morgan fingerprint density at radius 3 is 1.10 bits per heavy atom. The van der Waals surface area contributed by atoms with E-state index in [4.69, 9.17) is 4.74 Å². The van der Waals surface area contributed by atoms with Gasteiger partial charge in [-0.25, -0.2) is 0 Å². The fourth-order valence-corrected chi connectivity index (χ4v) is 9.78. The zero-order valence-corrected chi connectivity index (χ0v) is 47.7. The van der Waals surface area contributed by atoms with Gasteiger partial charge in [0.05, 0.1) is 25.4 Å². The predicted octanol–water partition coefficient (Wildman–Crippen LogP) is 20.0. The summed E-state index contributed by atoms with van der Waals surface area (Å²) in [5.74, 6) is -0.0358. The molecule has 0 aliphatic carbocycles. The first-order valence-corrected chi connectivity index (χ1v) is 31.7. The second kappa shape index (κ2) is 60.6. The number of amides is 1. The van der Waals surface area contributed by atoms with E-state index in [-0.39, 0.29) is 18.5 Å². The van der Waals surface area contributed by atoms with Crippen molar-refractivity contribution in [1.82, 2.24) is 5.32 Å². The maximum absolute atomic E-state index is 12.5. The molecule has 2 unspecified atom stereocenters. The van der Waals surface area contributed by atoms with Crippen LogP contribution in [-0.2, 0) is 14.3 Å². The van der Waals surface area contributed by atoms with Crippen LogP contribution in [-0.4, -0.2) is 47.4 Å². The van der Waals surface area contributed by atoms with E-state index in [9.17, 15) is 19.8 Å². The number of carbonyl (C=O) groups excluding carboxylic acids is 2. The second-order valence-corrected chi connectivity index (χ2v) is 21.7. The normalized spacial score (nSPS) is 12.8. The van der Waals surface area contributed by atoms with E-state index in [1.807, 2.05) is 0 Å². The summed E-state index contributed by atoms with van der Waals surface area (Å²) in [5.41, 5.74) is 0. The monoisotopic (exact) mass is 998 g/mol. The van der Waals surface area contributed by atoms with E-state index in [0.29, 0.717) is 25.9 Å². The summed E-state index contributed by atoms with van der Waals surface area (Å²) in [6, 6.07) is -0.542. The second-order valence-electron chi connectivity index (χ2n) is 21.7. The molecule has 0 spiro atoms. The van der Waals surface area contributed by atoms with Crippen LogP contribution in [0.15, 0.2) is 36.5 Å². The van der Waals surface area contributed by atoms with E-state index < -0.39 is 12.1 Å². The SMILES string of the molecule is CCCCCC/C=C\C/C=C\CCCCCCCC(=O)OCCCCCCCCCCCCCC/C=C\CCCCCCCCCCCCC(=O)NC(CO)C(O)CCCCCCCCCCCCCC. The molecule has 0 aliphatic rings. The Morgan fingerprint density at radius 1 is 0.394 bits per heavy atom. The lowest BCUT2D eigenvalue weighted by Gasteiger charge is -2.22. The molecule has 3 N–H and O–H groups in total. The number of aliphatic hydroxyl groups excluding tert-OH is 2. The summed E-state index contributed by atoms with van der Waals surface area (Å²) in [6.45, 7) is 4.94. The third kappa shape index (κ3) is 57.2. The molecule has 0 saturated heterocycles. The largest absolute Gasteiger partial charge is 0.466 e. The maximum atomic E-state index is 12.5. The van der Waals surface area contributed by atoms with Crippen LogP contribution in [0.25, 0.3) is 0 Å². The summed E-state index contributed by atoms with van der Waals surface area (Å²) in [5, 5.41) is 23.2. The van der Waals surface area contributed by atoms with Crippen molar-refractivity contribution in [2.45, 2.75) is 353 Å². The average molecular weight is 999 g/mol. The first-order chi connectivity index (χ1) is 35.0. The number of ether oxygens (including phenoxy) is 1. The maximum Gasteiger partial charge on any atom is 0.305 e. The number of allylic oxidation sites excluding steroid dienone is 6. The van der Waals surface area contributed by atoms with Crippen molar-refractivity contribution >= 4 is 11.9 Å². The third-order valence-electron chi connectivity index (χ3n) is 14.7. The van der Waals surface area contributed by atoms with Gasteiger partial charge < -0.3 is 20.3 Å². The Balaban J connectivity index is 3.38. The highest BCUT2D eigenvalue weighted by Gasteiger charge is 2.20. The molecule has 0 aromatic heterocycles. The highest BCUT2D eigenvalue weighted by molar-refractivity contribution is 5.76. The number of aliphatic hydroxyl groups is 2. The third-order valence-corrected chi connectivity index (χ3v) is 14.7. The molecule has 0 aromatic rings. The molecule has 6 nitrogen and oxygen atoms in total. The topological polar surface area (TPSA) is 95.9 Å². The van der Waals surface area contributed by atoms with Gasteiger partial charge in [0.1, 0.15) is 0 Å². The van der Waals surface area contributed by atoms with E-state index in [1.165, 1.54) is 257 Å². The van der Waals surface area contributed by atoms with Crippen molar-refractivity contribution < 1.29 is 24.5 Å². The fourth-order valence-electron chi connectivity index (χ4n) is 9.78. The molecule has 0 bridgehead atoms. The fraction of sp³-hybridized carbons (Fsp3) is 0.877. The molecule has 0 aliphatic heterocycles. The van der Waals surface area contributed by atoms with Crippen molar-refractivity contribution in [3.05, 3.63) is 36.5 Å². The Kier molecular flexibility index (Phi) is 59.0. The summed E-state index contributed by atoms with van der Waals surface area (Å²) in [7, 11) is 0. The smallest absolute Gasteiger partial charge is 0.305 e. The quantitative estimate of drug-likeness (QED) is 0.0321. The molecule has 0 radical (unpaired) electrons. The van der Waals surface area contributed by atoms with Crippen LogP contribution in [0.3, 0.4) is 0 Å². The average Bonchev–Trinajstić information content (AvgIpc) is 3.37. The standard InChI is InChI=1S/C65H123NO5/c1-3-5-7-9-11-13-15-17-18-32-35-39-43-47-51-55-59-65(70)71-60-56-52-48-44-40-36-33-30-28-26-24-22-20-19-21-23-25-27-29-31-34-38-42-46-50-54-58-64(69)66-62(61-67)63(68)57-53-49-45-41-37-16-14-12-10-8-6-4-2/h13,15,18-19,21,32,62-63,67-68H,3-12,14,16-17,20,22-31,33-61H2,1-2H3,(H,66,69)/b15-13-,21-19-,32-18-. The molecule has 0 heterocycles. The van der Waals surface area contributed by atoms with Crippen molar-refractivity contribution in [3.8, 4) is 0 Å². The van der Waals surface area contributed by atoms with Crippen LogP contribution in [0, 0.1) is 0 Å². The number of rotatable bonds is 59. The van der Waals surface area contributed by atoms with Crippen LogP contribution < -0.4 is 5.32 Å². The lowest BCUT2D eigenvalue weighted by Crippen LogP contribution is -2.45. The molecule has 0 aromatic carbocycles. The predicted molar refractivity (Wildman–Crippen MR) is 310 cm³/mol. The minimum absolute atomic E-state index is 0.000859. The van der Waals surface area contributed by atoms with Gasteiger partial charge in [0.15, 0.2) is 0 Å². The van der Waals surface area contributed by atoms with Gasteiger partial charge in [-0.1, -0.05) is 281 Å². The van der Waals surface area contributed by atoms with Gasteiger partial charge in [-0.15, -0.1) is 0 Å². The number of unbranched alkanes of at least 4 members (excludes halogenated alkanes) is 42. The van der Waals surface area contributed by atoms with Gasteiger partial charge in [-0.05, 0) is 83.5 Å². The van der Waals surface area contributed by atoms with Crippen LogP contribution in [0.1, 0.15) is 341 Å². The Hall–Kier alpha value is -1.92. The molecular formula is C65H123NO5. The van der Waals surface area contributed by atoms with Crippen LogP contribution in [0.5, 0.6) is 0 Å². The molecule has 6 heteroatoms. The van der Waals surface area contributed by atoms with Crippen molar-refractivity contribution in [3.63, 3.8) is 0 Å². The first kappa shape index (κ1) is 69.1. The van der Waals surface area contributed by atoms with Crippen LogP contribution in [0.4, 0.5) is 0 Å². The molecule has 71 heavy (non-hydrogen) atoms. The Morgan fingerprint density at radius 2 is 0.704 bits per heavy atom. The number of carbonyl (C=O) groups is 2. The molecule has 2 atom stereocenters. The molecular weight excluding hydrogens is 875 g/mol. The highest BCUT2D eigenvalue weighted by atomic mass is 16.5. The van der Waals surface area contributed by atoms with E-state index in [0.717, 1.165) is 51.4 Å². The molecule has 0 rings (SSSR count). The van der Waals surface area contributed by atoms with Gasteiger partial charge in [0.2, 0.25) is 5.91 Å².